The number of anilines is 1. The van der Waals surface area contributed by atoms with Crippen molar-refractivity contribution in [2.24, 2.45) is 5.41 Å². The van der Waals surface area contributed by atoms with Crippen LogP contribution in [-0.2, 0) is 0 Å². The summed E-state index contributed by atoms with van der Waals surface area (Å²) in [5, 5.41) is 15.4. The third kappa shape index (κ3) is 3.46. The molecule has 1 atom stereocenters. The van der Waals surface area contributed by atoms with Gasteiger partial charge in [0.25, 0.3) is 0 Å². The summed E-state index contributed by atoms with van der Waals surface area (Å²) in [6, 6.07) is 7.05. The first-order valence-electron chi connectivity index (χ1n) is 6.44. The molecule has 2 amide bonds. The van der Waals surface area contributed by atoms with E-state index in [1.54, 1.807) is 0 Å². The number of carbonyl (C=O) groups excluding carboxylic acids is 1. The number of aliphatic hydroxyl groups is 1. The van der Waals surface area contributed by atoms with Crippen LogP contribution in [0.15, 0.2) is 24.3 Å². The normalized spacial score (nSPS) is 13.2. The van der Waals surface area contributed by atoms with Crippen molar-refractivity contribution in [2.45, 2.75) is 26.8 Å². The number of aliphatic hydroxyl groups excluding tert-OH is 1. The van der Waals surface area contributed by atoms with Gasteiger partial charge >= 0.3 is 6.03 Å². The lowest BCUT2D eigenvalue weighted by atomic mass is 9.87. The fourth-order valence-corrected chi connectivity index (χ4v) is 2.61. The molecule has 2 rings (SSSR count). The van der Waals surface area contributed by atoms with Gasteiger partial charge in [-0.1, -0.05) is 44.2 Å². The average Bonchev–Trinajstić information content (AvgIpc) is 2.76. The zero-order chi connectivity index (χ0) is 14.8. The van der Waals surface area contributed by atoms with Gasteiger partial charge in [-0.05, 0) is 17.5 Å². The van der Waals surface area contributed by atoms with Crippen molar-refractivity contribution in [3.63, 3.8) is 0 Å². The van der Waals surface area contributed by atoms with E-state index in [4.69, 9.17) is 0 Å². The van der Waals surface area contributed by atoms with Crippen molar-refractivity contribution in [1.82, 2.24) is 10.3 Å². The lowest BCUT2D eigenvalue weighted by molar-refractivity contribution is 0.162. The first kappa shape index (κ1) is 14.7. The summed E-state index contributed by atoms with van der Waals surface area (Å²) in [4.78, 5) is 16.3. The van der Waals surface area contributed by atoms with Gasteiger partial charge in [-0.25, -0.2) is 9.78 Å². The number of amides is 2. The molecule has 3 N–H and O–H groups in total. The van der Waals surface area contributed by atoms with Gasteiger partial charge in [0.1, 0.15) is 0 Å². The minimum atomic E-state index is -0.349. The van der Waals surface area contributed by atoms with Crippen molar-refractivity contribution in [3.8, 4) is 0 Å². The van der Waals surface area contributed by atoms with Crippen LogP contribution in [0.5, 0.6) is 0 Å². The number of fused-ring (bicyclic) bond motifs is 1. The Morgan fingerprint density at radius 1 is 1.40 bits per heavy atom. The van der Waals surface area contributed by atoms with Crippen molar-refractivity contribution in [3.05, 3.63) is 24.3 Å². The van der Waals surface area contributed by atoms with Crippen LogP contribution < -0.4 is 10.6 Å². The smallest absolute Gasteiger partial charge is 0.321 e. The molecule has 6 heteroatoms. The zero-order valence-electron chi connectivity index (χ0n) is 11.8. The minimum Gasteiger partial charge on any atom is -0.394 e. The van der Waals surface area contributed by atoms with Gasteiger partial charge in [-0.2, -0.15) is 0 Å². The number of thiazole rings is 1. The molecule has 0 aliphatic carbocycles. The largest absolute Gasteiger partial charge is 0.394 e. The second kappa shape index (κ2) is 5.76. The van der Waals surface area contributed by atoms with Gasteiger partial charge in [-0.3, -0.25) is 5.32 Å². The molecule has 0 unspecified atom stereocenters. The predicted octanol–water partition coefficient (Wildman–Crippen LogP) is 2.82. The van der Waals surface area contributed by atoms with Crippen molar-refractivity contribution < 1.29 is 9.90 Å². The molecule has 1 aromatic carbocycles. The van der Waals surface area contributed by atoms with Gasteiger partial charge in [0, 0.05) is 0 Å². The van der Waals surface area contributed by atoms with Crippen LogP contribution in [0.3, 0.4) is 0 Å². The van der Waals surface area contributed by atoms with Crippen LogP contribution in [0, 0.1) is 5.41 Å². The van der Waals surface area contributed by atoms with Crippen LogP contribution in [0.4, 0.5) is 9.93 Å². The van der Waals surface area contributed by atoms with E-state index in [-0.39, 0.29) is 24.1 Å². The van der Waals surface area contributed by atoms with E-state index in [2.05, 4.69) is 15.6 Å². The summed E-state index contributed by atoms with van der Waals surface area (Å²) < 4.78 is 1.03. The standard InChI is InChI=1S/C14H19N3O2S/c1-14(2,3)11(8-18)16-12(19)17-13-15-9-6-4-5-7-10(9)20-13/h4-7,11,18H,8H2,1-3H3,(H2,15,16,17,19)/t11-/m1/s1. The summed E-state index contributed by atoms with van der Waals surface area (Å²) in [6.45, 7) is 5.79. The maximum atomic E-state index is 11.9. The zero-order valence-corrected chi connectivity index (χ0v) is 12.6. The molecule has 1 heterocycles. The Kier molecular flexibility index (Phi) is 4.25. The Labute approximate surface area is 122 Å². The third-order valence-corrected chi connectivity index (χ3v) is 4.00. The predicted molar refractivity (Wildman–Crippen MR) is 82.1 cm³/mol. The quantitative estimate of drug-likeness (QED) is 0.814. The molecule has 2 aromatic rings. The van der Waals surface area contributed by atoms with Crippen LogP contribution >= 0.6 is 11.3 Å². The monoisotopic (exact) mass is 293 g/mol. The van der Waals surface area contributed by atoms with Gasteiger partial charge in [0.05, 0.1) is 22.9 Å². The lowest BCUT2D eigenvalue weighted by Gasteiger charge is -2.29. The number of benzene rings is 1. The average molecular weight is 293 g/mol. The Bertz CT molecular complexity index is 571. The molecule has 0 saturated heterocycles. The molecular weight excluding hydrogens is 274 g/mol. The number of nitrogens with zero attached hydrogens (tertiary/aromatic N) is 1. The molecule has 0 aliphatic heterocycles. The minimum absolute atomic E-state index is 0.100. The van der Waals surface area contributed by atoms with Crippen molar-refractivity contribution in [2.75, 3.05) is 11.9 Å². The molecule has 0 aliphatic rings. The fourth-order valence-electron chi connectivity index (χ4n) is 1.75. The van der Waals surface area contributed by atoms with E-state index >= 15 is 0 Å². The SMILES string of the molecule is CC(C)(C)[C@@H](CO)NC(=O)Nc1nc2ccccc2s1. The molecule has 108 valence electrons. The summed E-state index contributed by atoms with van der Waals surface area (Å²) in [6.07, 6.45) is 0. The van der Waals surface area contributed by atoms with Gasteiger partial charge in [0.2, 0.25) is 0 Å². The fraction of sp³-hybridized carbons (Fsp3) is 0.429. The van der Waals surface area contributed by atoms with E-state index in [1.165, 1.54) is 11.3 Å². The molecule has 20 heavy (non-hydrogen) atoms. The first-order chi connectivity index (χ1) is 9.40. The molecule has 1 aromatic heterocycles. The Morgan fingerprint density at radius 3 is 2.70 bits per heavy atom. The number of nitrogens with one attached hydrogen (secondary N) is 2. The maximum Gasteiger partial charge on any atom is 0.321 e. The third-order valence-electron chi connectivity index (χ3n) is 3.05. The molecular formula is C14H19N3O2S. The van der Waals surface area contributed by atoms with Crippen LogP contribution in [0.25, 0.3) is 10.2 Å². The molecule has 0 radical (unpaired) electrons. The Hall–Kier alpha value is -1.66. The van der Waals surface area contributed by atoms with E-state index < -0.39 is 0 Å². The second-order valence-corrected chi connectivity index (χ2v) is 6.72. The maximum absolute atomic E-state index is 11.9. The van der Waals surface area contributed by atoms with E-state index in [1.807, 2.05) is 45.0 Å². The highest BCUT2D eigenvalue weighted by atomic mass is 32.1. The van der Waals surface area contributed by atoms with Crippen molar-refractivity contribution >= 4 is 32.7 Å². The lowest BCUT2D eigenvalue weighted by Crippen LogP contribution is -2.47. The van der Waals surface area contributed by atoms with E-state index in [9.17, 15) is 9.90 Å². The van der Waals surface area contributed by atoms with Crippen LogP contribution in [0.2, 0.25) is 0 Å². The summed E-state index contributed by atoms with van der Waals surface area (Å²) >= 11 is 1.42. The number of carbonyl (C=O) groups is 1. The van der Waals surface area contributed by atoms with Gasteiger partial charge in [-0.15, -0.1) is 0 Å². The van der Waals surface area contributed by atoms with Gasteiger partial charge < -0.3 is 10.4 Å². The number of urea groups is 1. The molecule has 0 spiro atoms. The highest BCUT2D eigenvalue weighted by molar-refractivity contribution is 7.22. The van der Waals surface area contributed by atoms with Crippen molar-refractivity contribution in [1.29, 1.82) is 0 Å². The molecule has 0 bridgehead atoms. The number of hydrogen-bond acceptors (Lipinski definition) is 4. The highest BCUT2D eigenvalue weighted by Gasteiger charge is 2.25. The number of para-hydroxylation sites is 1. The summed E-state index contributed by atoms with van der Waals surface area (Å²) in [7, 11) is 0. The topological polar surface area (TPSA) is 74.2 Å². The Balaban J connectivity index is 2.04. The highest BCUT2D eigenvalue weighted by Crippen LogP contribution is 2.25. The number of hydrogen-bond donors (Lipinski definition) is 3. The van der Waals surface area contributed by atoms with Gasteiger partial charge in [0.15, 0.2) is 5.13 Å². The van der Waals surface area contributed by atoms with E-state index in [0.29, 0.717) is 5.13 Å². The van der Waals surface area contributed by atoms with Crippen LogP contribution in [-0.4, -0.2) is 28.8 Å². The Morgan fingerprint density at radius 2 is 2.10 bits per heavy atom. The summed E-state index contributed by atoms with van der Waals surface area (Å²) in [5.74, 6) is 0. The van der Waals surface area contributed by atoms with E-state index in [0.717, 1.165) is 10.2 Å². The number of aromatic nitrogens is 1. The van der Waals surface area contributed by atoms with Crippen LogP contribution in [0.1, 0.15) is 20.8 Å². The number of rotatable bonds is 3. The molecule has 0 saturated carbocycles. The molecule has 0 fully saturated rings. The summed E-state index contributed by atoms with van der Waals surface area (Å²) in [5.41, 5.74) is 0.655. The molecule has 5 nitrogen and oxygen atoms in total. The second-order valence-electron chi connectivity index (χ2n) is 5.69. The first-order valence-corrected chi connectivity index (χ1v) is 7.26.